The number of amides is 3. The fourth-order valence-electron chi connectivity index (χ4n) is 3.28. The summed E-state index contributed by atoms with van der Waals surface area (Å²) in [6.07, 6.45) is 1.88. The number of carbonyl (C=O) groups excluding carboxylic acids is 2. The third-order valence-corrected chi connectivity index (χ3v) is 4.74. The molecule has 3 heterocycles. The molecule has 0 saturated carbocycles. The quantitative estimate of drug-likeness (QED) is 0.803. The maximum Gasteiger partial charge on any atom is 0.322 e. The van der Waals surface area contributed by atoms with Crippen LogP contribution in [0.15, 0.2) is 4.52 Å². The van der Waals surface area contributed by atoms with Gasteiger partial charge in [-0.25, -0.2) is 4.79 Å². The van der Waals surface area contributed by atoms with E-state index in [1.54, 1.807) is 6.92 Å². The molecule has 3 rings (SSSR count). The van der Waals surface area contributed by atoms with E-state index in [-0.39, 0.29) is 17.7 Å². The van der Waals surface area contributed by atoms with Crippen molar-refractivity contribution in [3.8, 4) is 0 Å². The molecule has 3 amide bonds. The number of piperidine rings is 1. The minimum Gasteiger partial charge on any atom is -0.339 e. The lowest BCUT2D eigenvalue weighted by atomic mass is 9.80. The van der Waals surface area contributed by atoms with Gasteiger partial charge in [-0.05, 0) is 26.3 Å². The van der Waals surface area contributed by atoms with Crippen LogP contribution in [0.25, 0.3) is 0 Å². The molecule has 126 valence electrons. The third kappa shape index (κ3) is 3.08. The van der Waals surface area contributed by atoms with E-state index in [0.29, 0.717) is 18.3 Å². The summed E-state index contributed by atoms with van der Waals surface area (Å²) in [6.45, 7) is 8.06. The molecule has 0 unspecified atom stereocenters. The second-order valence-corrected chi connectivity index (χ2v) is 6.89. The van der Waals surface area contributed by atoms with E-state index >= 15 is 0 Å². The molecule has 0 aromatic carbocycles. The molecule has 0 bridgehead atoms. The monoisotopic (exact) mass is 321 g/mol. The van der Waals surface area contributed by atoms with E-state index < -0.39 is 11.6 Å². The molecular formula is C15H23N5O3. The molecule has 2 atom stereocenters. The van der Waals surface area contributed by atoms with Crippen LogP contribution >= 0.6 is 0 Å². The van der Waals surface area contributed by atoms with Gasteiger partial charge in [-0.15, -0.1) is 0 Å². The fraction of sp³-hybridized carbons (Fsp3) is 0.733. The Morgan fingerprint density at radius 1 is 1.43 bits per heavy atom. The number of aromatic nitrogens is 2. The van der Waals surface area contributed by atoms with Crippen molar-refractivity contribution in [2.75, 3.05) is 13.1 Å². The summed E-state index contributed by atoms with van der Waals surface area (Å²) in [5, 5.41) is 9.14. The van der Waals surface area contributed by atoms with Gasteiger partial charge in [0.1, 0.15) is 5.54 Å². The summed E-state index contributed by atoms with van der Waals surface area (Å²) in [5.41, 5.74) is -0.837. The predicted molar refractivity (Wildman–Crippen MR) is 81.5 cm³/mol. The molecule has 8 heteroatoms. The average Bonchev–Trinajstić information content (AvgIpc) is 3.05. The van der Waals surface area contributed by atoms with Crippen LogP contribution in [0, 0.1) is 5.92 Å². The zero-order valence-corrected chi connectivity index (χ0v) is 13.8. The Bertz CT molecular complexity index is 614. The molecule has 0 radical (unpaired) electrons. The van der Waals surface area contributed by atoms with E-state index in [1.807, 2.05) is 13.8 Å². The van der Waals surface area contributed by atoms with Crippen molar-refractivity contribution in [3.05, 3.63) is 11.7 Å². The molecular weight excluding hydrogens is 298 g/mol. The maximum atomic E-state index is 12.1. The first kappa shape index (κ1) is 15.9. The topological polar surface area (TPSA) is 100 Å². The minimum absolute atomic E-state index is 0.0687. The summed E-state index contributed by atoms with van der Waals surface area (Å²) in [7, 11) is 0. The van der Waals surface area contributed by atoms with Crippen LogP contribution in [0.2, 0.25) is 0 Å². The molecule has 2 aliphatic heterocycles. The first-order valence-electron chi connectivity index (χ1n) is 8.07. The van der Waals surface area contributed by atoms with Crippen molar-refractivity contribution in [3.63, 3.8) is 0 Å². The maximum absolute atomic E-state index is 12.1. The first-order chi connectivity index (χ1) is 10.9. The van der Waals surface area contributed by atoms with E-state index in [4.69, 9.17) is 4.52 Å². The average molecular weight is 321 g/mol. The van der Waals surface area contributed by atoms with Gasteiger partial charge in [-0.2, -0.15) is 4.98 Å². The molecule has 2 saturated heterocycles. The minimum atomic E-state index is -0.837. The highest BCUT2D eigenvalue weighted by Gasteiger charge is 2.48. The van der Waals surface area contributed by atoms with Crippen LogP contribution in [-0.2, 0) is 11.3 Å². The van der Waals surface area contributed by atoms with Crippen molar-refractivity contribution < 1.29 is 14.1 Å². The summed E-state index contributed by atoms with van der Waals surface area (Å²) in [4.78, 5) is 30.2. The highest BCUT2D eigenvalue weighted by atomic mass is 16.5. The second kappa shape index (κ2) is 5.92. The van der Waals surface area contributed by atoms with E-state index in [0.717, 1.165) is 25.9 Å². The molecule has 2 N–H and O–H groups in total. The van der Waals surface area contributed by atoms with Crippen LogP contribution in [-0.4, -0.2) is 45.6 Å². The van der Waals surface area contributed by atoms with Crippen molar-refractivity contribution in [2.24, 2.45) is 5.92 Å². The van der Waals surface area contributed by atoms with E-state index in [1.165, 1.54) is 0 Å². The lowest BCUT2D eigenvalue weighted by molar-refractivity contribution is -0.126. The highest BCUT2D eigenvalue weighted by Crippen LogP contribution is 2.30. The number of nitrogens with one attached hydrogen (secondary N) is 2. The summed E-state index contributed by atoms with van der Waals surface area (Å²) in [6, 6.07) is -0.408. The van der Waals surface area contributed by atoms with Gasteiger partial charge < -0.3 is 9.84 Å². The van der Waals surface area contributed by atoms with Gasteiger partial charge in [0.25, 0.3) is 5.91 Å². The second-order valence-electron chi connectivity index (χ2n) is 6.89. The summed E-state index contributed by atoms with van der Waals surface area (Å²) < 4.78 is 5.24. The van der Waals surface area contributed by atoms with Crippen LogP contribution in [0.1, 0.15) is 51.2 Å². The number of rotatable bonds is 4. The molecule has 8 nitrogen and oxygen atoms in total. The lowest BCUT2D eigenvalue weighted by Crippen LogP contribution is -2.55. The van der Waals surface area contributed by atoms with E-state index in [9.17, 15) is 9.59 Å². The number of urea groups is 1. The van der Waals surface area contributed by atoms with Crippen LogP contribution in [0.5, 0.6) is 0 Å². The van der Waals surface area contributed by atoms with Gasteiger partial charge in [0.2, 0.25) is 5.89 Å². The highest BCUT2D eigenvalue weighted by molar-refractivity contribution is 6.06. The van der Waals surface area contributed by atoms with Crippen molar-refractivity contribution in [2.45, 2.75) is 51.6 Å². The number of imide groups is 1. The van der Waals surface area contributed by atoms with Gasteiger partial charge >= 0.3 is 6.03 Å². The van der Waals surface area contributed by atoms with E-state index in [2.05, 4.69) is 25.7 Å². The van der Waals surface area contributed by atoms with Crippen LogP contribution < -0.4 is 10.6 Å². The number of likely N-dealkylation sites (tertiary alicyclic amines) is 1. The Hall–Kier alpha value is -1.96. The Labute approximate surface area is 135 Å². The molecule has 0 spiro atoms. The largest absolute Gasteiger partial charge is 0.339 e. The molecule has 2 aliphatic rings. The number of nitrogens with zero attached hydrogens (tertiary/aromatic N) is 3. The number of carbonyl (C=O) groups is 2. The predicted octanol–water partition coefficient (Wildman–Crippen LogP) is 1.00. The number of hydrogen-bond acceptors (Lipinski definition) is 6. The zero-order valence-electron chi connectivity index (χ0n) is 13.8. The normalized spacial score (nSPS) is 29.0. The first-order valence-corrected chi connectivity index (χ1v) is 8.07. The van der Waals surface area contributed by atoms with Crippen molar-refractivity contribution in [1.29, 1.82) is 0 Å². The van der Waals surface area contributed by atoms with Gasteiger partial charge in [0.15, 0.2) is 5.82 Å². The Balaban J connectivity index is 1.66. The molecule has 23 heavy (non-hydrogen) atoms. The molecule has 2 fully saturated rings. The number of hydrogen-bond donors (Lipinski definition) is 2. The Morgan fingerprint density at radius 3 is 2.83 bits per heavy atom. The van der Waals surface area contributed by atoms with Gasteiger partial charge in [-0.1, -0.05) is 19.0 Å². The van der Waals surface area contributed by atoms with Gasteiger partial charge in [-0.3, -0.25) is 15.0 Å². The summed E-state index contributed by atoms with van der Waals surface area (Å²) in [5.74, 6) is 1.35. The smallest absolute Gasteiger partial charge is 0.322 e. The zero-order chi connectivity index (χ0) is 16.6. The van der Waals surface area contributed by atoms with Crippen LogP contribution in [0.3, 0.4) is 0 Å². The SMILES string of the molecule is CC(C)c1nc(CN2CCC[C@H]([C@@]3(C)NC(=O)NC3=O)C2)no1. The molecule has 1 aromatic rings. The van der Waals surface area contributed by atoms with Gasteiger partial charge in [0.05, 0.1) is 6.54 Å². The summed E-state index contributed by atoms with van der Waals surface area (Å²) >= 11 is 0. The molecule has 0 aliphatic carbocycles. The Morgan fingerprint density at radius 2 is 2.22 bits per heavy atom. The van der Waals surface area contributed by atoms with Crippen LogP contribution in [0.4, 0.5) is 4.79 Å². The standard InChI is InChI=1S/C15H23N5O3/c1-9(2)12-16-11(19-23-12)8-20-6-4-5-10(7-20)15(3)13(21)17-14(22)18-15/h9-10H,4-8H2,1-3H3,(H2,17,18,21,22)/t10-,15+/m0/s1. The fourth-order valence-corrected chi connectivity index (χ4v) is 3.28. The third-order valence-electron chi connectivity index (χ3n) is 4.74. The van der Waals surface area contributed by atoms with Gasteiger partial charge in [0, 0.05) is 18.4 Å². The van der Waals surface area contributed by atoms with Crippen molar-refractivity contribution >= 4 is 11.9 Å². The Kier molecular flexibility index (Phi) is 4.09. The lowest BCUT2D eigenvalue weighted by Gasteiger charge is -2.39. The molecule has 1 aromatic heterocycles. The van der Waals surface area contributed by atoms with Crippen molar-refractivity contribution in [1.82, 2.24) is 25.7 Å².